The number of aromatic nitrogens is 1. The normalized spacial score (nSPS) is 12.0. The van der Waals surface area contributed by atoms with Gasteiger partial charge in [-0.3, -0.25) is 9.80 Å². The highest BCUT2D eigenvalue weighted by molar-refractivity contribution is 5.85. The van der Waals surface area contributed by atoms with E-state index in [0.717, 1.165) is 19.6 Å². The smallest absolute Gasteiger partial charge is 0.0751 e. The minimum absolute atomic E-state index is 0. The lowest BCUT2D eigenvalue weighted by molar-refractivity contribution is 0.286. The summed E-state index contributed by atoms with van der Waals surface area (Å²) in [7, 11) is 6.48. The molecule has 0 N–H and O–H groups in total. The molecule has 0 aliphatic carbocycles. The van der Waals surface area contributed by atoms with Crippen LogP contribution in [0.15, 0.2) is 42.5 Å². The van der Waals surface area contributed by atoms with Crippen LogP contribution >= 0.6 is 24.8 Å². The number of hydrogen-bond donors (Lipinski definition) is 0. The van der Waals surface area contributed by atoms with Crippen LogP contribution in [-0.4, -0.2) is 41.6 Å². The van der Waals surface area contributed by atoms with E-state index >= 15 is 0 Å². The zero-order valence-electron chi connectivity index (χ0n) is 15.4. The molecule has 1 aromatic heterocycles. The van der Waals surface area contributed by atoms with E-state index in [2.05, 4.69) is 91.8 Å². The Bertz CT molecular complexity index is 578. The van der Waals surface area contributed by atoms with Crippen molar-refractivity contribution in [1.29, 1.82) is 0 Å². The lowest BCUT2D eigenvalue weighted by Gasteiger charge is -2.26. The Balaban J connectivity index is 0.00000264. The van der Waals surface area contributed by atoms with E-state index in [-0.39, 0.29) is 30.9 Å². The molecule has 0 bridgehead atoms. The topological polar surface area (TPSA) is 11.4 Å². The van der Waals surface area contributed by atoms with Crippen LogP contribution in [0.2, 0.25) is 0 Å². The minimum atomic E-state index is 0. The average Bonchev–Trinajstić information content (AvgIpc) is 2.87. The van der Waals surface area contributed by atoms with Gasteiger partial charge in [0.2, 0.25) is 0 Å². The maximum Gasteiger partial charge on any atom is 0.0751 e. The molecule has 1 unspecified atom stereocenters. The van der Waals surface area contributed by atoms with Crippen molar-refractivity contribution in [2.75, 3.05) is 27.2 Å². The molecule has 5 heteroatoms. The fourth-order valence-electron chi connectivity index (χ4n) is 3.05. The average molecular weight is 372 g/mol. The largest absolute Gasteiger partial charge is 0.349 e. The molecule has 0 fully saturated rings. The van der Waals surface area contributed by atoms with Crippen LogP contribution in [0.25, 0.3) is 0 Å². The predicted molar refractivity (Wildman–Crippen MR) is 109 cm³/mol. The van der Waals surface area contributed by atoms with Gasteiger partial charge in [0.25, 0.3) is 0 Å². The molecule has 1 atom stereocenters. The highest BCUT2D eigenvalue weighted by atomic mass is 35.5. The van der Waals surface area contributed by atoms with Crippen molar-refractivity contribution in [3.8, 4) is 0 Å². The van der Waals surface area contributed by atoms with Gasteiger partial charge in [-0.05, 0) is 44.9 Å². The second-order valence-electron chi connectivity index (χ2n) is 6.05. The fourth-order valence-corrected chi connectivity index (χ4v) is 3.05. The Hall–Kier alpha value is -1.000. The summed E-state index contributed by atoms with van der Waals surface area (Å²) in [5.41, 5.74) is 4.06. The van der Waals surface area contributed by atoms with Gasteiger partial charge in [0, 0.05) is 25.0 Å². The van der Waals surface area contributed by atoms with Crippen LogP contribution in [0.5, 0.6) is 0 Å². The molecule has 2 aromatic rings. The summed E-state index contributed by atoms with van der Waals surface area (Å²) in [6, 6.07) is 15.6. The van der Waals surface area contributed by atoms with Crippen molar-refractivity contribution in [1.82, 2.24) is 14.4 Å². The summed E-state index contributed by atoms with van der Waals surface area (Å²) in [4.78, 5) is 4.73. The first-order valence-corrected chi connectivity index (χ1v) is 8.16. The summed E-state index contributed by atoms with van der Waals surface area (Å²) < 4.78 is 2.36. The molecule has 0 saturated carbocycles. The van der Waals surface area contributed by atoms with Crippen molar-refractivity contribution in [3.63, 3.8) is 0 Å². The third-order valence-electron chi connectivity index (χ3n) is 4.46. The van der Waals surface area contributed by atoms with Gasteiger partial charge in [0.15, 0.2) is 0 Å². The van der Waals surface area contributed by atoms with Gasteiger partial charge in [-0.15, -0.1) is 24.8 Å². The van der Waals surface area contributed by atoms with Gasteiger partial charge in [-0.1, -0.05) is 44.2 Å². The molecule has 0 spiro atoms. The molecule has 1 aromatic carbocycles. The van der Waals surface area contributed by atoms with Crippen LogP contribution in [0.3, 0.4) is 0 Å². The first-order chi connectivity index (χ1) is 10.6. The second-order valence-corrected chi connectivity index (χ2v) is 6.05. The van der Waals surface area contributed by atoms with Gasteiger partial charge in [-0.2, -0.15) is 0 Å². The Labute approximate surface area is 159 Å². The lowest BCUT2D eigenvalue weighted by atomic mass is 10.0. The van der Waals surface area contributed by atoms with E-state index in [0.29, 0.717) is 0 Å². The summed E-state index contributed by atoms with van der Waals surface area (Å²) in [5.74, 6) is 0. The molecule has 0 saturated heterocycles. The van der Waals surface area contributed by atoms with Crippen LogP contribution in [0.4, 0.5) is 0 Å². The molecule has 24 heavy (non-hydrogen) atoms. The molecule has 136 valence electrons. The van der Waals surface area contributed by atoms with Gasteiger partial charge >= 0.3 is 0 Å². The van der Waals surface area contributed by atoms with Crippen LogP contribution in [0.1, 0.15) is 36.8 Å². The van der Waals surface area contributed by atoms with Crippen LogP contribution < -0.4 is 0 Å². The van der Waals surface area contributed by atoms with E-state index in [1.165, 1.54) is 17.0 Å². The highest BCUT2D eigenvalue weighted by Gasteiger charge is 2.20. The first-order valence-electron chi connectivity index (χ1n) is 8.16. The number of rotatable bonds is 7. The standard InChI is InChI=1S/C19H29N3.2ClH/c1-6-22(7-2)15-17-13-14-18(21(17)5)19(20(3)4)16-11-9-8-10-12-16;;/h8-14,19H,6-7,15H2,1-5H3;2*1H. The summed E-state index contributed by atoms with van der Waals surface area (Å²) in [6.45, 7) is 7.64. The Morgan fingerprint density at radius 2 is 1.50 bits per heavy atom. The molecule has 0 aliphatic heterocycles. The highest BCUT2D eigenvalue weighted by Crippen LogP contribution is 2.28. The van der Waals surface area contributed by atoms with Crippen LogP contribution in [0, 0.1) is 0 Å². The number of nitrogens with zero attached hydrogens (tertiary/aromatic N) is 3. The van der Waals surface area contributed by atoms with E-state index in [1.54, 1.807) is 0 Å². The summed E-state index contributed by atoms with van der Waals surface area (Å²) in [5, 5.41) is 0. The van der Waals surface area contributed by atoms with Crippen molar-refractivity contribution >= 4 is 24.8 Å². The Morgan fingerprint density at radius 1 is 0.917 bits per heavy atom. The number of benzene rings is 1. The zero-order valence-corrected chi connectivity index (χ0v) is 17.0. The van der Waals surface area contributed by atoms with Crippen LogP contribution in [-0.2, 0) is 13.6 Å². The molecule has 3 nitrogen and oxygen atoms in total. The van der Waals surface area contributed by atoms with Crippen molar-refractivity contribution in [2.24, 2.45) is 7.05 Å². The molecule has 0 aliphatic rings. The fraction of sp³-hybridized carbons (Fsp3) is 0.474. The molecule has 1 heterocycles. The maximum absolute atomic E-state index is 2.45. The lowest BCUT2D eigenvalue weighted by Crippen LogP contribution is -2.26. The maximum atomic E-state index is 2.45. The Morgan fingerprint density at radius 3 is 2.00 bits per heavy atom. The zero-order chi connectivity index (χ0) is 16.1. The van der Waals surface area contributed by atoms with Gasteiger partial charge in [0.1, 0.15) is 0 Å². The van der Waals surface area contributed by atoms with E-state index in [9.17, 15) is 0 Å². The SMILES string of the molecule is CCN(CC)Cc1ccc(C(c2ccccc2)N(C)C)n1C.Cl.Cl. The summed E-state index contributed by atoms with van der Waals surface area (Å²) >= 11 is 0. The predicted octanol–water partition coefficient (Wildman–Crippen LogP) is 4.36. The van der Waals surface area contributed by atoms with E-state index in [4.69, 9.17) is 0 Å². The van der Waals surface area contributed by atoms with E-state index < -0.39 is 0 Å². The van der Waals surface area contributed by atoms with Gasteiger partial charge in [-0.25, -0.2) is 0 Å². The third-order valence-corrected chi connectivity index (χ3v) is 4.46. The van der Waals surface area contributed by atoms with Crippen molar-refractivity contribution in [3.05, 3.63) is 59.4 Å². The van der Waals surface area contributed by atoms with E-state index in [1.807, 2.05) is 0 Å². The molecule has 2 rings (SSSR count). The van der Waals surface area contributed by atoms with Gasteiger partial charge < -0.3 is 4.57 Å². The monoisotopic (exact) mass is 371 g/mol. The second kappa shape index (κ2) is 10.8. The molecular formula is C19H31Cl2N3. The van der Waals surface area contributed by atoms with Crippen molar-refractivity contribution in [2.45, 2.75) is 26.4 Å². The minimum Gasteiger partial charge on any atom is -0.349 e. The Kier molecular flexibility index (Phi) is 10.3. The number of halogens is 2. The van der Waals surface area contributed by atoms with Crippen molar-refractivity contribution < 1.29 is 0 Å². The first kappa shape index (κ1) is 23.0. The number of hydrogen-bond acceptors (Lipinski definition) is 2. The quantitative estimate of drug-likeness (QED) is 0.715. The molecule has 0 radical (unpaired) electrons. The van der Waals surface area contributed by atoms with Gasteiger partial charge in [0.05, 0.1) is 6.04 Å². The molecule has 0 amide bonds. The summed E-state index contributed by atoms with van der Waals surface area (Å²) in [6.07, 6.45) is 0. The third kappa shape index (κ3) is 5.25. The molecular weight excluding hydrogens is 341 g/mol.